The van der Waals surface area contributed by atoms with Crippen LogP contribution in [0.1, 0.15) is 60.5 Å². The minimum atomic E-state index is -1.06. The third-order valence-corrected chi connectivity index (χ3v) is 10.4. The van der Waals surface area contributed by atoms with Crippen LogP contribution in [0, 0.1) is 5.82 Å². The number of morpholine rings is 1. The van der Waals surface area contributed by atoms with Crippen LogP contribution in [-0.2, 0) is 17.8 Å². The number of carbonyl (C=O) groups is 2. The molecule has 12 nitrogen and oxygen atoms in total. The molecule has 3 fully saturated rings. The van der Waals surface area contributed by atoms with Gasteiger partial charge in [-0.2, -0.15) is 0 Å². The number of amides is 2. The highest BCUT2D eigenvalue weighted by atomic mass is 19.1. The van der Waals surface area contributed by atoms with E-state index in [4.69, 9.17) is 14.6 Å². The first kappa shape index (κ1) is 37.6. The number of benzene rings is 2. The molecular weight excluding hydrogens is 667 g/mol. The molecular formula is C39H51FN6O6. The van der Waals surface area contributed by atoms with E-state index >= 15 is 0 Å². The van der Waals surface area contributed by atoms with Crippen LogP contribution in [0.2, 0.25) is 0 Å². The second-order valence-corrected chi connectivity index (χ2v) is 14.2. The third-order valence-electron chi connectivity index (χ3n) is 10.4. The van der Waals surface area contributed by atoms with Crippen molar-refractivity contribution < 1.29 is 33.7 Å². The largest absolute Gasteiger partial charge is 0.465 e. The van der Waals surface area contributed by atoms with Gasteiger partial charge in [0, 0.05) is 57.4 Å². The van der Waals surface area contributed by atoms with Gasteiger partial charge in [-0.1, -0.05) is 30.3 Å². The Morgan fingerprint density at radius 1 is 0.962 bits per heavy atom. The number of rotatable bonds is 12. The summed E-state index contributed by atoms with van der Waals surface area (Å²) in [4.78, 5) is 35.8. The van der Waals surface area contributed by atoms with Crippen molar-refractivity contribution in [3.63, 3.8) is 0 Å². The first-order chi connectivity index (χ1) is 25.2. The summed E-state index contributed by atoms with van der Waals surface area (Å²) in [7, 11) is 0. The van der Waals surface area contributed by atoms with Gasteiger partial charge in [0.05, 0.1) is 26.0 Å². The highest BCUT2D eigenvalue weighted by Crippen LogP contribution is 2.32. The summed E-state index contributed by atoms with van der Waals surface area (Å²) < 4.78 is 26.3. The maximum absolute atomic E-state index is 14.4. The molecule has 0 radical (unpaired) electrons. The van der Waals surface area contributed by atoms with Gasteiger partial charge in [-0.05, 0) is 92.6 Å². The number of hydrogen-bond donors (Lipinski definition) is 4. The van der Waals surface area contributed by atoms with E-state index in [1.165, 1.54) is 11.1 Å². The van der Waals surface area contributed by atoms with Gasteiger partial charge in [0.2, 0.25) is 5.88 Å². The molecule has 3 heterocycles. The Labute approximate surface area is 304 Å². The van der Waals surface area contributed by atoms with Crippen molar-refractivity contribution in [3.8, 4) is 22.8 Å². The lowest BCUT2D eigenvalue weighted by molar-refractivity contribution is -0.00431. The monoisotopic (exact) mass is 718 g/mol. The number of halogens is 1. The molecule has 2 aromatic carbocycles. The first-order valence-electron chi connectivity index (χ1n) is 18.5. The standard InChI is InChI=1S/C39H51FN6O6/c1-27-26-51-19-17-46(27)25-30-20-28(24-45-13-3-12-44(14-15-45)16-18-47)6-11-35(30)29-4-2-5-34(21-29)52-38-36(22-31(40)23-41-38)37(48)42-32-7-9-33(10-8-32)43-39(49)50/h2,4-6,11,20-23,27,32-33,43,47H,3,7-10,12-19,24-26H2,1H3,(H,42,48)(H,49,50)/t27-,32?,33?/m0/s1. The lowest BCUT2D eigenvalue weighted by Gasteiger charge is -2.34. The summed E-state index contributed by atoms with van der Waals surface area (Å²) in [5, 5.41) is 23.9. The third kappa shape index (κ3) is 10.3. The lowest BCUT2D eigenvalue weighted by atomic mass is 9.91. The molecule has 3 aromatic rings. The number of aliphatic hydroxyl groups is 1. The first-order valence-corrected chi connectivity index (χ1v) is 18.5. The number of carboxylic acid groups (broad SMARTS) is 1. The summed E-state index contributed by atoms with van der Waals surface area (Å²) in [6.45, 7) is 10.9. The van der Waals surface area contributed by atoms with Gasteiger partial charge in [0.15, 0.2) is 0 Å². The van der Waals surface area contributed by atoms with Crippen LogP contribution in [0.5, 0.6) is 11.6 Å². The summed E-state index contributed by atoms with van der Waals surface area (Å²) in [5.41, 5.74) is 4.48. The van der Waals surface area contributed by atoms with Crippen molar-refractivity contribution in [2.45, 2.75) is 70.2 Å². The molecule has 2 aliphatic heterocycles. The van der Waals surface area contributed by atoms with E-state index in [0.29, 0.717) is 44.6 Å². The number of hydrogen-bond acceptors (Lipinski definition) is 9. The number of aliphatic hydroxyl groups excluding tert-OH is 1. The van der Waals surface area contributed by atoms with Gasteiger partial charge < -0.3 is 30.3 Å². The Morgan fingerprint density at radius 2 is 1.73 bits per heavy atom. The molecule has 1 atom stereocenters. The normalized spacial score (nSPS) is 22.0. The molecule has 13 heteroatoms. The number of ether oxygens (including phenoxy) is 2. The highest BCUT2D eigenvalue weighted by molar-refractivity contribution is 5.96. The van der Waals surface area contributed by atoms with E-state index in [1.807, 2.05) is 18.2 Å². The minimum absolute atomic E-state index is 0.00414. The van der Waals surface area contributed by atoms with Gasteiger partial charge in [-0.15, -0.1) is 0 Å². The summed E-state index contributed by atoms with van der Waals surface area (Å²) in [6.07, 6.45) is 3.46. The van der Waals surface area contributed by atoms with E-state index in [-0.39, 0.29) is 36.2 Å². The highest BCUT2D eigenvalue weighted by Gasteiger charge is 2.26. The maximum Gasteiger partial charge on any atom is 0.404 e. The Bertz CT molecular complexity index is 1670. The number of carbonyl (C=O) groups excluding carboxylic acids is 1. The van der Waals surface area contributed by atoms with Crippen molar-refractivity contribution in [1.29, 1.82) is 0 Å². The van der Waals surface area contributed by atoms with Crippen LogP contribution >= 0.6 is 0 Å². The van der Waals surface area contributed by atoms with Crippen molar-refractivity contribution >= 4 is 12.0 Å². The smallest absolute Gasteiger partial charge is 0.404 e. The van der Waals surface area contributed by atoms with Gasteiger partial charge in [-0.3, -0.25) is 19.5 Å². The molecule has 4 N–H and O–H groups in total. The zero-order chi connectivity index (χ0) is 36.5. The second kappa shape index (κ2) is 18.1. The van der Waals surface area contributed by atoms with Gasteiger partial charge in [0.25, 0.3) is 5.91 Å². The molecule has 0 unspecified atom stereocenters. The van der Waals surface area contributed by atoms with E-state index in [0.717, 1.165) is 82.2 Å². The number of nitrogens with one attached hydrogen (secondary N) is 2. The van der Waals surface area contributed by atoms with Gasteiger partial charge in [-0.25, -0.2) is 14.2 Å². The molecule has 1 saturated carbocycles. The van der Waals surface area contributed by atoms with Crippen molar-refractivity contribution in [2.75, 3.05) is 59.1 Å². The summed E-state index contributed by atoms with van der Waals surface area (Å²) >= 11 is 0. The number of pyridine rings is 1. The predicted octanol–water partition coefficient (Wildman–Crippen LogP) is 4.71. The molecule has 2 amide bonds. The van der Waals surface area contributed by atoms with Crippen molar-refractivity contribution in [3.05, 3.63) is 77.2 Å². The van der Waals surface area contributed by atoms with Crippen LogP contribution in [0.4, 0.5) is 9.18 Å². The molecule has 1 aromatic heterocycles. The molecule has 0 bridgehead atoms. The van der Waals surface area contributed by atoms with Gasteiger partial charge >= 0.3 is 6.09 Å². The SMILES string of the molecule is C[C@H]1COCCN1Cc1cc(CN2CCCN(CCO)CC2)ccc1-c1cccc(Oc2ncc(F)cc2C(=O)NC2CCC(NC(=O)O)CC2)c1. The fraction of sp³-hybridized carbons (Fsp3) is 0.513. The van der Waals surface area contributed by atoms with Crippen LogP contribution in [-0.4, -0.2) is 119 Å². The maximum atomic E-state index is 14.4. The Hall–Kier alpha value is -4.14. The van der Waals surface area contributed by atoms with Crippen LogP contribution in [0.3, 0.4) is 0 Å². The average molecular weight is 719 g/mol. The summed E-state index contributed by atoms with van der Waals surface area (Å²) in [6, 6.07) is 15.5. The Kier molecular flexibility index (Phi) is 13.1. The minimum Gasteiger partial charge on any atom is -0.465 e. The van der Waals surface area contributed by atoms with E-state index in [1.54, 1.807) is 6.07 Å². The van der Waals surface area contributed by atoms with Crippen molar-refractivity contribution in [1.82, 2.24) is 30.3 Å². The Balaban J connectivity index is 1.20. The fourth-order valence-electron chi connectivity index (χ4n) is 7.51. The molecule has 2 saturated heterocycles. The van der Waals surface area contributed by atoms with E-state index < -0.39 is 17.8 Å². The lowest BCUT2D eigenvalue weighted by Crippen LogP contribution is -2.43. The predicted molar refractivity (Wildman–Crippen MR) is 195 cm³/mol. The average Bonchev–Trinajstić information content (AvgIpc) is 3.35. The van der Waals surface area contributed by atoms with Crippen molar-refractivity contribution in [2.24, 2.45) is 0 Å². The molecule has 1 aliphatic carbocycles. The quantitative estimate of drug-likeness (QED) is 0.208. The topological polar surface area (TPSA) is 140 Å². The fourth-order valence-corrected chi connectivity index (χ4v) is 7.51. The molecule has 0 spiro atoms. The van der Waals surface area contributed by atoms with Crippen LogP contribution < -0.4 is 15.4 Å². The number of nitrogens with zero attached hydrogens (tertiary/aromatic N) is 4. The molecule has 52 heavy (non-hydrogen) atoms. The van der Waals surface area contributed by atoms with Crippen LogP contribution in [0.25, 0.3) is 11.1 Å². The summed E-state index contributed by atoms with van der Waals surface area (Å²) in [5.74, 6) is -0.663. The zero-order valence-electron chi connectivity index (χ0n) is 29.9. The van der Waals surface area contributed by atoms with E-state index in [9.17, 15) is 19.1 Å². The second-order valence-electron chi connectivity index (χ2n) is 14.2. The zero-order valence-corrected chi connectivity index (χ0v) is 29.9. The molecule has 3 aliphatic rings. The Morgan fingerprint density at radius 3 is 2.50 bits per heavy atom. The van der Waals surface area contributed by atoms with Gasteiger partial charge in [0.1, 0.15) is 17.1 Å². The number of β-amino-alcohol motifs (C(OH)–C–C–N with tert-alkyl or cyclic N) is 1. The van der Waals surface area contributed by atoms with Crippen LogP contribution in [0.15, 0.2) is 54.7 Å². The molecule has 280 valence electrons. The number of aromatic nitrogens is 1. The van der Waals surface area contributed by atoms with E-state index in [2.05, 4.69) is 55.4 Å². The molecule has 6 rings (SSSR count).